The Labute approximate surface area is 117 Å². The second-order valence-corrected chi connectivity index (χ2v) is 4.44. The summed E-state index contributed by atoms with van der Waals surface area (Å²) in [4.78, 5) is 11.2. The third-order valence-electron chi connectivity index (χ3n) is 2.93. The average molecular weight is 272 g/mol. The van der Waals surface area contributed by atoms with Crippen molar-refractivity contribution in [3.8, 4) is 11.5 Å². The number of carbonyl (C=O) groups is 1. The van der Waals surface area contributed by atoms with Gasteiger partial charge in [0, 0.05) is 0 Å². The zero-order valence-electron chi connectivity index (χ0n) is 11.4. The normalized spacial score (nSPS) is 10.1. The van der Waals surface area contributed by atoms with Crippen LogP contribution in [0.2, 0.25) is 0 Å². The summed E-state index contributed by atoms with van der Waals surface area (Å²) in [6.45, 7) is 2.34. The van der Waals surface area contributed by atoms with Crippen LogP contribution in [0.15, 0.2) is 42.5 Å². The van der Waals surface area contributed by atoms with Gasteiger partial charge in [-0.3, -0.25) is 0 Å². The molecular formula is C16H16O4. The van der Waals surface area contributed by atoms with Gasteiger partial charge < -0.3 is 14.6 Å². The molecule has 0 bridgehead atoms. The van der Waals surface area contributed by atoms with Gasteiger partial charge in [0.15, 0.2) is 0 Å². The van der Waals surface area contributed by atoms with E-state index in [-0.39, 0.29) is 5.56 Å². The smallest absolute Gasteiger partial charge is 0.339 e. The Morgan fingerprint density at radius 2 is 1.85 bits per heavy atom. The maximum absolute atomic E-state index is 11.2. The number of hydrogen-bond donors (Lipinski definition) is 1. The maximum atomic E-state index is 11.2. The minimum absolute atomic E-state index is 0.0939. The Balaban J connectivity index is 2.16. The number of benzene rings is 2. The van der Waals surface area contributed by atoms with Crippen molar-refractivity contribution in [1.29, 1.82) is 0 Å². The quantitative estimate of drug-likeness (QED) is 0.907. The molecule has 0 atom stereocenters. The molecule has 0 aliphatic carbocycles. The average Bonchev–Trinajstić information content (AvgIpc) is 2.46. The molecule has 0 fully saturated rings. The third-order valence-corrected chi connectivity index (χ3v) is 2.93. The lowest BCUT2D eigenvalue weighted by Gasteiger charge is -2.10. The monoisotopic (exact) mass is 272 g/mol. The summed E-state index contributed by atoms with van der Waals surface area (Å²) in [5.74, 6) is -0.216. The van der Waals surface area contributed by atoms with Crippen molar-refractivity contribution in [2.24, 2.45) is 0 Å². The molecule has 0 saturated heterocycles. The number of rotatable bonds is 5. The highest BCUT2D eigenvalue weighted by atomic mass is 16.5. The van der Waals surface area contributed by atoms with Gasteiger partial charge in [0.2, 0.25) is 0 Å². The molecule has 0 unspecified atom stereocenters. The fraction of sp³-hybridized carbons (Fsp3) is 0.188. The van der Waals surface area contributed by atoms with Gasteiger partial charge in [0.1, 0.15) is 23.7 Å². The van der Waals surface area contributed by atoms with Crippen molar-refractivity contribution >= 4 is 5.97 Å². The summed E-state index contributed by atoms with van der Waals surface area (Å²) in [6, 6.07) is 12.6. The lowest BCUT2D eigenvalue weighted by atomic mass is 10.1. The fourth-order valence-corrected chi connectivity index (χ4v) is 1.77. The minimum atomic E-state index is -1.04. The van der Waals surface area contributed by atoms with Crippen LogP contribution in [0.25, 0.3) is 0 Å². The molecule has 0 aliphatic heterocycles. The first-order valence-corrected chi connectivity index (χ1v) is 6.20. The van der Waals surface area contributed by atoms with E-state index in [1.807, 2.05) is 31.2 Å². The molecule has 2 aromatic carbocycles. The van der Waals surface area contributed by atoms with E-state index in [9.17, 15) is 9.90 Å². The van der Waals surface area contributed by atoms with Gasteiger partial charge in [0.05, 0.1) is 7.11 Å². The highest BCUT2D eigenvalue weighted by Crippen LogP contribution is 2.25. The van der Waals surface area contributed by atoms with Gasteiger partial charge in [-0.1, -0.05) is 29.8 Å². The van der Waals surface area contributed by atoms with E-state index in [1.54, 1.807) is 12.1 Å². The summed E-state index contributed by atoms with van der Waals surface area (Å²) in [7, 11) is 1.49. The molecule has 4 heteroatoms. The van der Waals surface area contributed by atoms with Crippen LogP contribution >= 0.6 is 0 Å². The van der Waals surface area contributed by atoms with E-state index in [1.165, 1.54) is 18.7 Å². The first kappa shape index (κ1) is 13.9. The third kappa shape index (κ3) is 3.29. The van der Waals surface area contributed by atoms with Crippen LogP contribution in [0.3, 0.4) is 0 Å². The first-order chi connectivity index (χ1) is 9.60. The molecule has 2 rings (SSSR count). The lowest BCUT2D eigenvalue weighted by Crippen LogP contribution is -2.04. The number of carboxylic acid groups (broad SMARTS) is 1. The predicted molar refractivity (Wildman–Crippen MR) is 75.5 cm³/mol. The van der Waals surface area contributed by atoms with Gasteiger partial charge >= 0.3 is 5.97 Å². The van der Waals surface area contributed by atoms with Gasteiger partial charge in [-0.15, -0.1) is 0 Å². The Hall–Kier alpha value is -2.49. The minimum Gasteiger partial charge on any atom is -0.497 e. The maximum Gasteiger partial charge on any atom is 0.339 e. The van der Waals surface area contributed by atoms with Gasteiger partial charge in [0.25, 0.3) is 0 Å². The van der Waals surface area contributed by atoms with E-state index >= 15 is 0 Å². The van der Waals surface area contributed by atoms with Crippen molar-refractivity contribution in [2.75, 3.05) is 7.11 Å². The zero-order valence-corrected chi connectivity index (χ0v) is 11.4. The topological polar surface area (TPSA) is 55.8 Å². The molecule has 104 valence electrons. The largest absolute Gasteiger partial charge is 0.497 e. The van der Waals surface area contributed by atoms with Crippen molar-refractivity contribution in [3.63, 3.8) is 0 Å². The number of aromatic carboxylic acids is 1. The van der Waals surface area contributed by atoms with Crippen LogP contribution in [0, 0.1) is 6.92 Å². The SMILES string of the molecule is COc1ccc(OCc2ccc(C)cc2)c(C(=O)O)c1. The highest BCUT2D eigenvalue weighted by molar-refractivity contribution is 5.91. The van der Waals surface area contributed by atoms with Crippen molar-refractivity contribution < 1.29 is 19.4 Å². The van der Waals surface area contributed by atoms with Crippen LogP contribution in [0.1, 0.15) is 21.5 Å². The van der Waals surface area contributed by atoms with Crippen LogP contribution < -0.4 is 9.47 Å². The molecule has 0 amide bonds. The molecule has 2 aromatic rings. The second-order valence-electron chi connectivity index (χ2n) is 4.44. The summed E-state index contributed by atoms with van der Waals surface area (Å²) in [5.41, 5.74) is 2.25. The fourth-order valence-electron chi connectivity index (χ4n) is 1.77. The Morgan fingerprint density at radius 1 is 1.15 bits per heavy atom. The lowest BCUT2D eigenvalue weighted by molar-refractivity contribution is 0.0691. The molecule has 1 N–H and O–H groups in total. The van der Waals surface area contributed by atoms with Crippen LogP contribution in [0.4, 0.5) is 0 Å². The number of carboxylic acids is 1. The number of methoxy groups -OCH3 is 1. The molecule has 0 spiro atoms. The van der Waals surface area contributed by atoms with E-state index in [0.717, 1.165) is 5.56 Å². The van der Waals surface area contributed by atoms with Crippen molar-refractivity contribution in [3.05, 3.63) is 59.2 Å². The highest BCUT2D eigenvalue weighted by Gasteiger charge is 2.12. The number of aryl methyl sites for hydroxylation is 1. The molecule has 4 nitrogen and oxygen atoms in total. The van der Waals surface area contributed by atoms with Gasteiger partial charge in [-0.05, 0) is 30.7 Å². The Bertz CT molecular complexity index is 602. The van der Waals surface area contributed by atoms with Crippen LogP contribution in [-0.2, 0) is 6.61 Å². The first-order valence-electron chi connectivity index (χ1n) is 6.20. The number of hydrogen-bond acceptors (Lipinski definition) is 3. The van der Waals surface area contributed by atoms with Crippen molar-refractivity contribution in [2.45, 2.75) is 13.5 Å². The summed E-state index contributed by atoms with van der Waals surface area (Å²) >= 11 is 0. The van der Waals surface area contributed by atoms with E-state index in [4.69, 9.17) is 9.47 Å². The molecular weight excluding hydrogens is 256 g/mol. The van der Waals surface area contributed by atoms with E-state index < -0.39 is 5.97 Å². The predicted octanol–water partition coefficient (Wildman–Crippen LogP) is 3.28. The molecule has 0 aliphatic rings. The van der Waals surface area contributed by atoms with Crippen LogP contribution in [-0.4, -0.2) is 18.2 Å². The van der Waals surface area contributed by atoms with Crippen molar-refractivity contribution in [1.82, 2.24) is 0 Å². The molecule has 20 heavy (non-hydrogen) atoms. The second kappa shape index (κ2) is 6.10. The molecule has 0 aromatic heterocycles. The standard InChI is InChI=1S/C16H16O4/c1-11-3-5-12(6-4-11)10-20-15-8-7-13(19-2)9-14(15)16(17)18/h3-9H,10H2,1-2H3,(H,17,18). The van der Waals surface area contributed by atoms with E-state index in [0.29, 0.717) is 18.1 Å². The van der Waals surface area contributed by atoms with Gasteiger partial charge in [-0.2, -0.15) is 0 Å². The van der Waals surface area contributed by atoms with E-state index in [2.05, 4.69) is 0 Å². The van der Waals surface area contributed by atoms with Gasteiger partial charge in [-0.25, -0.2) is 4.79 Å². The summed E-state index contributed by atoms with van der Waals surface area (Å²) < 4.78 is 10.6. The Kier molecular flexibility index (Phi) is 4.25. The molecule has 0 heterocycles. The Morgan fingerprint density at radius 3 is 2.45 bits per heavy atom. The molecule has 0 saturated carbocycles. The molecule has 0 radical (unpaired) electrons. The zero-order chi connectivity index (χ0) is 14.5. The summed E-state index contributed by atoms with van der Waals surface area (Å²) in [6.07, 6.45) is 0. The number of ether oxygens (including phenoxy) is 2. The van der Waals surface area contributed by atoms with Crippen LogP contribution in [0.5, 0.6) is 11.5 Å². The summed E-state index contributed by atoms with van der Waals surface area (Å²) in [5, 5.41) is 9.18.